The van der Waals surface area contributed by atoms with E-state index >= 15 is 0 Å². The molecule has 0 bridgehead atoms. The van der Waals surface area contributed by atoms with Gasteiger partial charge in [0.2, 0.25) is 0 Å². The van der Waals surface area contributed by atoms with Crippen LogP contribution in [0.4, 0.5) is 0 Å². The summed E-state index contributed by atoms with van der Waals surface area (Å²) >= 11 is 11.6. The summed E-state index contributed by atoms with van der Waals surface area (Å²) in [7, 11) is 3.09. The predicted octanol–water partition coefficient (Wildman–Crippen LogP) is 2.68. The first-order valence-electron chi connectivity index (χ1n) is 5.81. The van der Waals surface area contributed by atoms with Gasteiger partial charge in [0.05, 0.1) is 19.3 Å². The second-order valence-electron chi connectivity index (χ2n) is 3.82. The minimum Gasteiger partial charge on any atom is -0.496 e. The van der Waals surface area contributed by atoms with Crippen molar-refractivity contribution in [2.45, 2.75) is 0 Å². The molecule has 0 saturated heterocycles. The van der Waals surface area contributed by atoms with Crippen LogP contribution >= 0.6 is 23.2 Å². The fourth-order valence-electron chi connectivity index (χ4n) is 1.63. The molecule has 0 radical (unpaired) electrons. The molecule has 0 fully saturated rings. The first-order chi connectivity index (χ1) is 9.13. The summed E-state index contributed by atoms with van der Waals surface area (Å²) in [6, 6.07) is 4.92. The second kappa shape index (κ2) is 8.25. The molecule has 0 heterocycles. The number of rotatable bonds is 7. The first kappa shape index (κ1) is 16.1. The van der Waals surface area contributed by atoms with Gasteiger partial charge in [-0.25, -0.2) is 0 Å². The Balaban J connectivity index is 2.94. The van der Waals surface area contributed by atoms with Gasteiger partial charge in [-0.15, -0.1) is 11.6 Å². The number of ether oxygens (including phenoxy) is 2. The standard InChI is InChI=1S/C13H17Cl2NO3/c1-18-8-7-16(6-5-14)13(17)11-4-3-10(15)9-12(11)19-2/h3-4,9H,5-8H2,1-2H3. The maximum atomic E-state index is 12.4. The molecule has 4 nitrogen and oxygen atoms in total. The van der Waals surface area contributed by atoms with Gasteiger partial charge in [0, 0.05) is 31.1 Å². The van der Waals surface area contributed by atoms with E-state index < -0.39 is 0 Å². The average molecular weight is 306 g/mol. The predicted molar refractivity (Wildman–Crippen MR) is 76.5 cm³/mol. The number of alkyl halides is 1. The number of halogens is 2. The van der Waals surface area contributed by atoms with E-state index in [4.69, 9.17) is 32.7 Å². The molecule has 0 aliphatic heterocycles. The van der Waals surface area contributed by atoms with Crippen molar-refractivity contribution in [1.29, 1.82) is 0 Å². The Morgan fingerprint density at radius 2 is 2.05 bits per heavy atom. The zero-order valence-corrected chi connectivity index (χ0v) is 12.5. The number of carbonyl (C=O) groups is 1. The second-order valence-corrected chi connectivity index (χ2v) is 4.63. The van der Waals surface area contributed by atoms with E-state index in [2.05, 4.69) is 0 Å². The van der Waals surface area contributed by atoms with Crippen LogP contribution in [0.3, 0.4) is 0 Å². The van der Waals surface area contributed by atoms with Crippen molar-refractivity contribution in [2.24, 2.45) is 0 Å². The van der Waals surface area contributed by atoms with E-state index in [1.54, 1.807) is 30.2 Å². The van der Waals surface area contributed by atoms with E-state index in [1.807, 2.05) is 0 Å². The highest BCUT2D eigenvalue weighted by Crippen LogP contribution is 2.24. The number of hydrogen-bond acceptors (Lipinski definition) is 3. The fraction of sp³-hybridized carbons (Fsp3) is 0.462. The highest BCUT2D eigenvalue weighted by Gasteiger charge is 2.19. The van der Waals surface area contributed by atoms with E-state index in [1.165, 1.54) is 7.11 Å². The Labute approximate surface area is 123 Å². The molecule has 0 atom stereocenters. The first-order valence-corrected chi connectivity index (χ1v) is 6.73. The van der Waals surface area contributed by atoms with Gasteiger partial charge in [-0.05, 0) is 18.2 Å². The zero-order valence-electron chi connectivity index (χ0n) is 11.0. The summed E-state index contributed by atoms with van der Waals surface area (Å²) in [6.45, 7) is 1.39. The van der Waals surface area contributed by atoms with Crippen molar-refractivity contribution in [3.63, 3.8) is 0 Å². The average Bonchev–Trinajstić information content (AvgIpc) is 2.42. The monoisotopic (exact) mass is 305 g/mol. The maximum Gasteiger partial charge on any atom is 0.257 e. The van der Waals surface area contributed by atoms with Crippen molar-refractivity contribution in [3.8, 4) is 5.75 Å². The third kappa shape index (κ3) is 4.56. The Hall–Kier alpha value is -0.970. The minimum atomic E-state index is -0.147. The van der Waals surface area contributed by atoms with E-state index in [0.717, 1.165) is 0 Å². The molecule has 0 N–H and O–H groups in total. The molecule has 6 heteroatoms. The van der Waals surface area contributed by atoms with Gasteiger partial charge in [-0.3, -0.25) is 4.79 Å². The summed E-state index contributed by atoms with van der Waals surface area (Å²) in [5, 5.41) is 0.522. The molecule has 1 aromatic carbocycles. The van der Waals surface area contributed by atoms with Crippen LogP contribution in [0.2, 0.25) is 5.02 Å². The van der Waals surface area contributed by atoms with Crippen LogP contribution in [-0.2, 0) is 4.74 Å². The highest BCUT2D eigenvalue weighted by atomic mass is 35.5. The smallest absolute Gasteiger partial charge is 0.257 e. The molecule has 0 unspecified atom stereocenters. The van der Waals surface area contributed by atoms with Gasteiger partial charge < -0.3 is 14.4 Å². The zero-order chi connectivity index (χ0) is 14.3. The molecule has 19 heavy (non-hydrogen) atoms. The SMILES string of the molecule is COCCN(CCCl)C(=O)c1ccc(Cl)cc1OC. The summed E-state index contributed by atoms with van der Waals surface area (Å²) < 4.78 is 10.2. The largest absolute Gasteiger partial charge is 0.496 e. The lowest BCUT2D eigenvalue weighted by molar-refractivity contribution is 0.0704. The molecule has 0 aromatic heterocycles. The Kier molecular flexibility index (Phi) is 6.99. The summed E-state index contributed by atoms with van der Waals surface area (Å²) in [5.41, 5.74) is 0.466. The van der Waals surface area contributed by atoms with E-state index in [0.29, 0.717) is 41.9 Å². The van der Waals surface area contributed by atoms with E-state index in [-0.39, 0.29) is 5.91 Å². The van der Waals surface area contributed by atoms with Gasteiger partial charge in [0.25, 0.3) is 5.91 Å². The lowest BCUT2D eigenvalue weighted by Crippen LogP contribution is -2.35. The van der Waals surface area contributed by atoms with Crippen LogP contribution in [-0.4, -0.2) is 50.6 Å². The minimum absolute atomic E-state index is 0.147. The third-order valence-corrected chi connectivity index (χ3v) is 3.01. The van der Waals surface area contributed by atoms with Crippen LogP contribution in [0.15, 0.2) is 18.2 Å². The summed E-state index contributed by atoms with van der Waals surface area (Å²) in [6.07, 6.45) is 0. The molecule has 1 amide bonds. The number of methoxy groups -OCH3 is 2. The number of hydrogen-bond donors (Lipinski definition) is 0. The van der Waals surface area contributed by atoms with Crippen molar-refractivity contribution >= 4 is 29.1 Å². The number of carbonyl (C=O) groups excluding carboxylic acids is 1. The Morgan fingerprint density at radius 1 is 1.32 bits per heavy atom. The molecule has 0 saturated carbocycles. The maximum absolute atomic E-state index is 12.4. The summed E-state index contributed by atoms with van der Waals surface area (Å²) in [4.78, 5) is 14.0. The molecule has 0 aliphatic rings. The van der Waals surface area contributed by atoms with Gasteiger partial charge in [-0.1, -0.05) is 11.6 Å². The fourth-order valence-corrected chi connectivity index (χ4v) is 2.00. The number of nitrogens with zero attached hydrogens (tertiary/aromatic N) is 1. The van der Waals surface area contributed by atoms with Gasteiger partial charge in [-0.2, -0.15) is 0 Å². The normalized spacial score (nSPS) is 10.3. The number of amides is 1. The van der Waals surface area contributed by atoms with Crippen LogP contribution in [0.25, 0.3) is 0 Å². The van der Waals surface area contributed by atoms with Crippen LogP contribution in [0.1, 0.15) is 10.4 Å². The number of benzene rings is 1. The Morgan fingerprint density at radius 3 is 2.63 bits per heavy atom. The van der Waals surface area contributed by atoms with E-state index in [9.17, 15) is 4.79 Å². The van der Waals surface area contributed by atoms with Crippen LogP contribution < -0.4 is 4.74 Å². The molecule has 0 aliphatic carbocycles. The van der Waals surface area contributed by atoms with Crippen LogP contribution in [0, 0.1) is 0 Å². The molecular weight excluding hydrogens is 289 g/mol. The molecule has 1 rings (SSSR count). The van der Waals surface area contributed by atoms with Crippen LogP contribution in [0.5, 0.6) is 5.75 Å². The molecular formula is C13H17Cl2NO3. The lowest BCUT2D eigenvalue weighted by atomic mass is 10.1. The molecule has 1 aromatic rings. The lowest BCUT2D eigenvalue weighted by Gasteiger charge is -2.22. The topological polar surface area (TPSA) is 38.8 Å². The Bertz CT molecular complexity index is 426. The van der Waals surface area contributed by atoms with Crippen molar-refractivity contribution in [3.05, 3.63) is 28.8 Å². The summed E-state index contributed by atoms with van der Waals surface area (Å²) in [5.74, 6) is 0.673. The van der Waals surface area contributed by atoms with Crippen molar-refractivity contribution in [2.75, 3.05) is 39.8 Å². The van der Waals surface area contributed by atoms with Crippen molar-refractivity contribution < 1.29 is 14.3 Å². The van der Waals surface area contributed by atoms with Gasteiger partial charge in [0.1, 0.15) is 5.75 Å². The highest BCUT2D eigenvalue weighted by molar-refractivity contribution is 6.30. The quantitative estimate of drug-likeness (QED) is 0.727. The van der Waals surface area contributed by atoms with Gasteiger partial charge in [0.15, 0.2) is 0 Å². The molecule has 0 spiro atoms. The third-order valence-electron chi connectivity index (χ3n) is 2.60. The van der Waals surface area contributed by atoms with Gasteiger partial charge >= 0.3 is 0 Å². The molecule has 106 valence electrons. The van der Waals surface area contributed by atoms with Crippen molar-refractivity contribution in [1.82, 2.24) is 4.90 Å².